The summed E-state index contributed by atoms with van der Waals surface area (Å²) < 4.78 is 0. The van der Waals surface area contributed by atoms with Gasteiger partial charge in [0.1, 0.15) is 0 Å². The van der Waals surface area contributed by atoms with Crippen LogP contribution in [-0.4, -0.2) is 22.2 Å². The third-order valence-corrected chi connectivity index (χ3v) is 4.06. The van der Waals surface area contributed by atoms with Crippen LogP contribution in [0.5, 0.6) is 0 Å². The molecule has 0 amide bonds. The second-order valence-electron chi connectivity index (χ2n) is 5.36. The van der Waals surface area contributed by atoms with Crippen molar-refractivity contribution in [2.75, 3.05) is 0 Å². The molecule has 3 N–H and O–H groups in total. The second kappa shape index (κ2) is 5.02. The van der Waals surface area contributed by atoms with E-state index >= 15 is 0 Å². The number of aromatic nitrogens is 1. The van der Waals surface area contributed by atoms with Crippen molar-refractivity contribution in [1.82, 2.24) is 4.98 Å². The van der Waals surface area contributed by atoms with Crippen molar-refractivity contribution in [2.45, 2.75) is 0 Å². The molecule has 0 aliphatic carbocycles. The first kappa shape index (κ1) is 13.1. The van der Waals surface area contributed by atoms with Crippen LogP contribution in [0.2, 0.25) is 0 Å². The molecule has 0 aliphatic heterocycles. The van der Waals surface area contributed by atoms with Gasteiger partial charge in [0.2, 0.25) is 0 Å². The zero-order valence-electron chi connectivity index (χ0n) is 11.8. The molecule has 4 heteroatoms. The highest BCUT2D eigenvalue weighted by Gasteiger charge is 2.21. The van der Waals surface area contributed by atoms with Gasteiger partial charge in [-0.05, 0) is 17.1 Å². The molecular weight excluding hydrogens is 273 g/mol. The van der Waals surface area contributed by atoms with Gasteiger partial charge in [-0.2, -0.15) is 0 Å². The van der Waals surface area contributed by atoms with Crippen molar-refractivity contribution in [1.29, 1.82) is 0 Å². The number of aromatic amines is 1. The lowest BCUT2D eigenvalue weighted by atomic mass is 9.74. The average molecular weight is 287 g/mol. The molecule has 0 saturated heterocycles. The van der Waals surface area contributed by atoms with Gasteiger partial charge in [0.05, 0.1) is 5.52 Å². The molecule has 1 aromatic heterocycles. The number of hydrogen-bond donors (Lipinski definition) is 3. The van der Waals surface area contributed by atoms with Gasteiger partial charge < -0.3 is 15.0 Å². The molecule has 22 heavy (non-hydrogen) atoms. The van der Waals surface area contributed by atoms with Gasteiger partial charge in [0.25, 0.3) is 0 Å². The van der Waals surface area contributed by atoms with Crippen LogP contribution >= 0.6 is 0 Å². The minimum atomic E-state index is -1.51. The molecule has 0 aliphatic rings. The first-order valence-corrected chi connectivity index (χ1v) is 7.20. The SMILES string of the molecule is OB(O)c1ccc2c([nH]c3ccccc32)c1-c1ccccc1. The maximum absolute atomic E-state index is 9.74. The van der Waals surface area contributed by atoms with E-state index in [4.69, 9.17) is 0 Å². The second-order valence-corrected chi connectivity index (χ2v) is 5.36. The first-order valence-electron chi connectivity index (χ1n) is 7.20. The number of nitrogens with one attached hydrogen (secondary N) is 1. The van der Waals surface area contributed by atoms with Crippen molar-refractivity contribution >= 4 is 34.4 Å². The zero-order chi connectivity index (χ0) is 15.1. The lowest BCUT2D eigenvalue weighted by molar-refractivity contribution is 0.426. The number of para-hydroxylation sites is 1. The van der Waals surface area contributed by atoms with Crippen molar-refractivity contribution in [3.63, 3.8) is 0 Å². The Morgan fingerprint density at radius 1 is 0.727 bits per heavy atom. The number of benzene rings is 3. The van der Waals surface area contributed by atoms with Gasteiger partial charge in [0.15, 0.2) is 0 Å². The third-order valence-electron chi connectivity index (χ3n) is 4.06. The Labute approximate surface area is 128 Å². The summed E-state index contributed by atoms with van der Waals surface area (Å²) in [5.41, 5.74) is 4.27. The maximum Gasteiger partial charge on any atom is 0.489 e. The minimum absolute atomic E-state index is 0.505. The summed E-state index contributed by atoms with van der Waals surface area (Å²) in [7, 11) is -1.51. The van der Waals surface area contributed by atoms with E-state index in [9.17, 15) is 10.0 Å². The average Bonchev–Trinajstić information content (AvgIpc) is 2.93. The van der Waals surface area contributed by atoms with E-state index in [-0.39, 0.29) is 0 Å². The standard InChI is InChI=1S/C18H14BNO2/c21-19(22)15-11-10-14-13-8-4-5-9-16(13)20-18(14)17(15)12-6-2-1-3-7-12/h1-11,20-22H. The first-order chi connectivity index (χ1) is 10.8. The molecule has 4 rings (SSSR count). The lowest BCUT2D eigenvalue weighted by Crippen LogP contribution is -2.31. The van der Waals surface area contributed by atoms with Crippen LogP contribution in [0.4, 0.5) is 0 Å². The van der Waals surface area contributed by atoms with Gasteiger partial charge >= 0.3 is 7.12 Å². The molecule has 0 fully saturated rings. The highest BCUT2D eigenvalue weighted by molar-refractivity contribution is 6.61. The van der Waals surface area contributed by atoms with Crippen molar-refractivity contribution in [3.8, 4) is 11.1 Å². The van der Waals surface area contributed by atoms with Crippen LogP contribution in [0.25, 0.3) is 32.9 Å². The Morgan fingerprint density at radius 3 is 2.23 bits per heavy atom. The summed E-state index contributed by atoms with van der Waals surface area (Å²) in [5, 5.41) is 21.7. The van der Waals surface area contributed by atoms with Crippen LogP contribution in [0.1, 0.15) is 0 Å². The normalized spacial score (nSPS) is 11.2. The van der Waals surface area contributed by atoms with E-state index in [1.165, 1.54) is 0 Å². The molecule has 0 bridgehead atoms. The quantitative estimate of drug-likeness (QED) is 0.496. The highest BCUT2D eigenvalue weighted by atomic mass is 16.4. The van der Waals surface area contributed by atoms with Crippen LogP contribution in [-0.2, 0) is 0 Å². The molecular formula is C18H14BNO2. The van der Waals surface area contributed by atoms with E-state index in [1.54, 1.807) is 6.07 Å². The molecule has 3 aromatic carbocycles. The summed E-state index contributed by atoms with van der Waals surface area (Å²) in [6.07, 6.45) is 0. The topological polar surface area (TPSA) is 56.2 Å². The third kappa shape index (κ3) is 1.93. The van der Waals surface area contributed by atoms with E-state index in [1.807, 2.05) is 54.6 Å². The van der Waals surface area contributed by atoms with Crippen molar-refractivity contribution < 1.29 is 10.0 Å². The summed E-state index contributed by atoms with van der Waals surface area (Å²) in [6.45, 7) is 0. The fourth-order valence-corrected chi connectivity index (χ4v) is 3.07. The predicted molar refractivity (Wildman–Crippen MR) is 91.1 cm³/mol. The van der Waals surface area contributed by atoms with Gasteiger partial charge in [-0.3, -0.25) is 0 Å². The van der Waals surface area contributed by atoms with Gasteiger partial charge in [-0.15, -0.1) is 0 Å². The number of rotatable bonds is 2. The van der Waals surface area contributed by atoms with E-state index < -0.39 is 7.12 Å². The minimum Gasteiger partial charge on any atom is -0.423 e. The molecule has 1 heterocycles. The molecule has 0 saturated carbocycles. The molecule has 106 valence electrons. The van der Waals surface area contributed by atoms with E-state index in [2.05, 4.69) is 11.1 Å². The van der Waals surface area contributed by atoms with Crippen molar-refractivity contribution in [2.24, 2.45) is 0 Å². The Bertz CT molecular complexity index is 961. The van der Waals surface area contributed by atoms with Crippen LogP contribution in [0.15, 0.2) is 66.7 Å². The molecule has 0 spiro atoms. The van der Waals surface area contributed by atoms with E-state index in [0.717, 1.165) is 32.9 Å². The molecule has 0 atom stereocenters. The van der Waals surface area contributed by atoms with Crippen LogP contribution < -0.4 is 5.46 Å². The Hall–Kier alpha value is -2.56. The summed E-state index contributed by atoms with van der Waals surface area (Å²) in [6, 6.07) is 21.6. The number of fused-ring (bicyclic) bond motifs is 3. The van der Waals surface area contributed by atoms with Gasteiger partial charge in [-0.1, -0.05) is 60.7 Å². The molecule has 0 radical (unpaired) electrons. The highest BCUT2D eigenvalue weighted by Crippen LogP contribution is 2.32. The largest absolute Gasteiger partial charge is 0.489 e. The Balaban J connectivity index is 2.16. The smallest absolute Gasteiger partial charge is 0.423 e. The summed E-state index contributed by atoms with van der Waals surface area (Å²) >= 11 is 0. The number of hydrogen-bond acceptors (Lipinski definition) is 2. The maximum atomic E-state index is 9.74. The summed E-state index contributed by atoms with van der Waals surface area (Å²) in [4.78, 5) is 3.42. The Morgan fingerprint density at radius 2 is 1.45 bits per heavy atom. The number of H-pyrrole nitrogens is 1. The monoisotopic (exact) mass is 287 g/mol. The Kier molecular flexibility index (Phi) is 3.00. The van der Waals surface area contributed by atoms with Crippen LogP contribution in [0, 0.1) is 0 Å². The lowest BCUT2D eigenvalue weighted by Gasteiger charge is -2.11. The fraction of sp³-hybridized carbons (Fsp3) is 0. The van der Waals surface area contributed by atoms with Crippen LogP contribution in [0.3, 0.4) is 0 Å². The van der Waals surface area contributed by atoms with Gasteiger partial charge in [-0.25, -0.2) is 0 Å². The van der Waals surface area contributed by atoms with E-state index in [0.29, 0.717) is 5.46 Å². The van der Waals surface area contributed by atoms with Crippen molar-refractivity contribution in [3.05, 3.63) is 66.7 Å². The molecule has 3 nitrogen and oxygen atoms in total. The fourth-order valence-electron chi connectivity index (χ4n) is 3.07. The summed E-state index contributed by atoms with van der Waals surface area (Å²) in [5.74, 6) is 0. The zero-order valence-corrected chi connectivity index (χ0v) is 11.8. The molecule has 0 unspecified atom stereocenters. The van der Waals surface area contributed by atoms with Gasteiger partial charge in [0, 0.05) is 21.9 Å². The predicted octanol–water partition coefficient (Wildman–Crippen LogP) is 2.67. The molecule has 4 aromatic rings.